The van der Waals surface area contributed by atoms with Crippen LogP contribution in [0.1, 0.15) is 95.1 Å². The molecule has 0 spiro atoms. The maximum atomic E-state index is 13.9. The molecule has 1 aliphatic carbocycles. The summed E-state index contributed by atoms with van der Waals surface area (Å²) in [6.45, 7) is 2.31. The lowest BCUT2D eigenvalue weighted by Crippen LogP contribution is -2.28. The Labute approximate surface area is 195 Å². The highest BCUT2D eigenvalue weighted by Gasteiger charge is 2.30. The predicted octanol–water partition coefficient (Wildman–Crippen LogP) is 9.41. The molecular weight excluding hydrogens is 421 g/mol. The van der Waals surface area contributed by atoms with Crippen molar-refractivity contribution in [2.24, 2.45) is 17.8 Å². The van der Waals surface area contributed by atoms with E-state index in [9.17, 15) is 13.2 Å². The van der Waals surface area contributed by atoms with Crippen molar-refractivity contribution in [2.75, 3.05) is 0 Å². The second-order valence-electron chi connectivity index (χ2n) is 10.6. The van der Waals surface area contributed by atoms with Gasteiger partial charge in [-0.3, -0.25) is 0 Å². The van der Waals surface area contributed by atoms with Crippen molar-refractivity contribution >= 4 is 14.6 Å². The lowest BCUT2D eigenvalue weighted by Gasteiger charge is -2.37. The molecule has 0 atom stereocenters. The second-order valence-corrected chi connectivity index (χ2v) is 14.0. The molecule has 0 radical (unpaired) electrons. The van der Waals surface area contributed by atoms with E-state index in [1.807, 2.05) is 0 Å². The Balaban J connectivity index is 1.29. The van der Waals surface area contributed by atoms with Gasteiger partial charge in [0.1, 0.15) is 12.1 Å². The Morgan fingerprint density at radius 2 is 1.69 bits per heavy atom. The summed E-state index contributed by atoms with van der Waals surface area (Å²) in [6, 6.07) is 9.26. The van der Waals surface area contributed by atoms with E-state index in [0.29, 0.717) is 0 Å². The van der Waals surface area contributed by atoms with Gasteiger partial charge in [-0.05, 0) is 61.1 Å². The number of unbranched alkanes of at least 4 members (excludes halogenated alkanes) is 3. The largest absolute Gasteiger partial charge is 0.212 e. The van der Waals surface area contributed by atoms with E-state index in [2.05, 4.69) is 6.92 Å². The van der Waals surface area contributed by atoms with Crippen LogP contribution in [0.15, 0.2) is 24.5 Å². The SMILES string of the molecule is CCCCC[SiH]1CCC([C@H]2CC[C@H](CCCCc3ccc(/C(F)=C/F)c(F)c3)CC2)CC1. The molecule has 0 nitrogen and oxygen atoms in total. The summed E-state index contributed by atoms with van der Waals surface area (Å²) >= 11 is 0. The summed E-state index contributed by atoms with van der Waals surface area (Å²) < 4.78 is 39.4. The number of rotatable bonds is 11. The summed E-state index contributed by atoms with van der Waals surface area (Å²) in [5.41, 5.74) is 0.579. The summed E-state index contributed by atoms with van der Waals surface area (Å²) in [5, 5.41) is 0. The third-order valence-electron chi connectivity index (χ3n) is 8.38. The first kappa shape index (κ1) is 25.6. The molecule has 0 unspecified atom stereocenters. The minimum absolute atomic E-state index is 0.186. The van der Waals surface area contributed by atoms with E-state index in [1.54, 1.807) is 37.0 Å². The highest BCUT2D eigenvalue weighted by molar-refractivity contribution is 6.58. The highest BCUT2D eigenvalue weighted by Crippen LogP contribution is 2.42. The Kier molecular flexibility index (Phi) is 10.9. The molecule has 4 heteroatoms. The van der Waals surface area contributed by atoms with Gasteiger partial charge in [0.25, 0.3) is 0 Å². The molecule has 2 aliphatic rings. The molecular formula is C28H43F3Si. The van der Waals surface area contributed by atoms with Gasteiger partial charge in [0.05, 0.1) is 0 Å². The van der Waals surface area contributed by atoms with E-state index in [1.165, 1.54) is 69.9 Å². The third-order valence-corrected chi connectivity index (χ3v) is 11.9. The zero-order valence-electron chi connectivity index (χ0n) is 20.1. The molecule has 1 heterocycles. The highest BCUT2D eigenvalue weighted by atomic mass is 28.3. The fraction of sp³-hybridized carbons (Fsp3) is 0.714. The number of halogens is 3. The van der Waals surface area contributed by atoms with Crippen LogP contribution in [0.2, 0.25) is 18.1 Å². The number of hydrogen-bond acceptors (Lipinski definition) is 0. The quantitative estimate of drug-likeness (QED) is 0.226. The van der Waals surface area contributed by atoms with Crippen molar-refractivity contribution in [3.05, 3.63) is 41.5 Å². The zero-order valence-corrected chi connectivity index (χ0v) is 21.2. The van der Waals surface area contributed by atoms with Crippen LogP contribution < -0.4 is 0 Å². The first-order chi connectivity index (χ1) is 15.6. The Bertz CT molecular complexity index is 701. The molecule has 1 saturated heterocycles. The third kappa shape index (κ3) is 7.78. The van der Waals surface area contributed by atoms with Gasteiger partial charge in [-0.15, -0.1) is 0 Å². The first-order valence-electron chi connectivity index (χ1n) is 13.3. The van der Waals surface area contributed by atoms with Gasteiger partial charge >= 0.3 is 0 Å². The average molecular weight is 465 g/mol. The van der Waals surface area contributed by atoms with Crippen molar-refractivity contribution in [1.29, 1.82) is 0 Å². The van der Waals surface area contributed by atoms with E-state index in [-0.39, 0.29) is 20.7 Å². The molecule has 32 heavy (non-hydrogen) atoms. The van der Waals surface area contributed by atoms with Crippen LogP contribution >= 0.6 is 0 Å². The van der Waals surface area contributed by atoms with Crippen molar-refractivity contribution in [3.8, 4) is 0 Å². The molecule has 0 aromatic heterocycles. The van der Waals surface area contributed by atoms with Crippen LogP contribution in [0, 0.1) is 23.6 Å². The minimum atomic E-state index is -1.15. The van der Waals surface area contributed by atoms with Gasteiger partial charge in [0.2, 0.25) is 0 Å². The Morgan fingerprint density at radius 3 is 2.34 bits per heavy atom. The minimum Gasteiger partial charge on any atom is -0.212 e. The first-order valence-corrected chi connectivity index (χ1v) is 15.8. The molecule has 180 valence electrons. The predicted molar refractivity (Wildman–Crippen MR) is 133 cm³/mol. The van der Waals surface area contributed by atoms with Crippen molar-refractivity contribution in [2.45, 2.75) is 109 Å². The second kappa shape index (κ2) is 13.6. The summed E-state index contributed by atoms with van der Waals surface area (Å²) in [5.74, 6) is 1.07. The van der Waals surface area contributed by atoms with Crippen LogP contribution in [-0.4, -0.2) is 8.80 Å². The normalized spacial score (nSPS) is 26.9. The van der Waals surface area contributed by atoms with Gasteiger partial charge in [-0.1, -0.05) is 88.9 Å². The lowest BCUT2D eigenvalue weighted by atomic mass is 9.73. The van der Waals surface area contributed by atoms with Crippen LogP contribution in [-0.2, 0) is 6.42 Å². The van der Waals surface area contributed by atoms with Gasteiger partial charge in [0.15, 0.2) is 5.83 Å². The number of hydrogen-bond donors (Lipinski definition) is 0. The van der Waals surface area contributed by atoms with Crippen molar-refractivity contribution in [1.82, 2.24) is 0 Å². The van der Waals surface area contributed by atoms with Crippen molar-refractivity contribution in [3.63, 3.8) is 0 Å². The molecule has 3 rings (SSSR count). The zero-order chi connectivity index (χ0) is 22.8. The van der Waals surface area contributed by atoms with Gasteiger partial charge in [0, 0.05) is 14.4 Å². The fourth-order valence-electron chi connectivity index (χ4n) is 6.31. The monoisotopic (exact) mass is 464 g/mol. The van der Waals surface area contributed by atoms with E-state index in [0.717, 1.165) is 36.2 Å². The summed E-state index contributed by atoms with van der Waals surface area (Å²) in [4.78, 5) is 0. The Morgan fingerprint density at radius 1 is 0.969 bits per heavy atom. The van der Waals surface area contributed by atoms with E-state index >= 15 is 0 Å². The van der Waals surface area contributed by atoms with Crippen molar-refractivity contribution < 1.29 is 13.2 Å². The molecule has 0 N–H and O–H groups in total. The molecule has 1 aliphatic heterocycles. The van der Waals surface area contributed by atoms with Crippen LogP contribution in [0.4, 0.5) is 13.2 Å². The maximum absolute atomic E-state index is 13.9. The van der Waals surface area contributed by atoms with Gasteiger partial charge in [-0.25, -0.2) is 13.2 Å². The molecule has 2 fully saturated rings. The van der Waals surface area contributed by atoms with Crippen LogP contribution in [0.5, 0.6) is 0 Å². The summed E-state index contributed by atoms with van der Waals surface area (Å²) in [6.07, 6.45) is 17.2. The molecule has 1 aromatic rings. The Hall–Kier alpha value is -1.03. The molecule has 1 aromatic carbocycles. The standard InChI is InChI=1S/C28H43F3Si/c1-2-3-6-17-32-18-15-25(16-19-32)24-12-9-22(10-13-24)7-4-5-8-23-11-14-26(27(30)20-23)28(31)21-29/h11,14,20-22,24-25,32H,2-10,12-13,15-19H2,1H3/b28-21-/t22-,24-,25?,32?. The smallest absolute Gasteiger partial charge is 0.161 e. The average Bonchev–Trinajstić information content (AvgIpc) is 2.82. The van der Waals surface area contributed by atoms with E-state index in [4.69, 9.17) is 0 Å². The van der Waals surface area contributed by atoms with Crippen LogP contribution in [0.25, 0.3) is 5.83 Å². The molecule has 1 saturated carbocycles. The topological polar surface area (TPSA) is 0 Å². The molecule has 0 amide bonds. The number of aryl methyl sites for hydroxylation is 1. The van der Waals surface area contributed by atoms with Crippen LogP contribution in [0.3, 0.4) is 0 Å². The molecule has 0 bridgehead atoms. The van der Waals surface area contributed by atoms with Gasteiger partial charge < -0.3 is 0 Å². The number of benzene rings is 1. The lowest BCUT2D eigenvalue weighted by molar-refractivity contribution is 0.184. The van der Waals surface area contributed by atoms with Gasteiger partial charge in [-0.2, -0.15) is 0 Å². The maximum Gasteiger partial charge on any atom is 0.161 e. The summed E-state index contributed by atoms with van der Waals surface area (Å²) in [7, 11) is -0.383. The fourth-order valence-corrected chi connectivity index (χ4v) is 9.84. The van der Waals surface area contributed by atoms with E-state index < -0.39 is 11.6 Å².